The van der Waals surface area contributed by atoms with Crippen molar-refractivity contribution in [1.82, 2.24) is 10.6 Å². The molecule has 5 nitrogen and oxygen atoms in total. The molecule has 114 valence electrons. The summed E-state index contributed by atoms with van der Waals surface area (Å²) in [7, 11) is 1.62. The van der Waals surface area contributed by atoms with E-state index in [1.54, 1.807) is 13.1 Å². The number of nitrogens with one attached hydrogen (secondary N) is 2. The molecule has 8 heteroatoms. The molecule has 0 heterocycles. The van der Waals surface area contributed by atoms with Crippen molar-refractivity contribution in [1.29, 1.82) is 5.26 Å². The van der Waals surface area contributed by atoms with E-state index >= 15 is 0 Å². The van der Waals surface area contributed by atoms with Crippen molar-refractivity contribution in [2.24, 2.45) is 0 Å². The molecular formula is C13H14F3N3O2. The van der Waals surface area contributed by atoms with E-state index in [2.05, 4.69) is 10.6 Å². The first kappa shape index (κ1) is 16.8. The Kier molecular flexibility index (Phi) is 5.99. The molecule has 2 N–H and O–H groups in total. The van der Waals surface area contributed by atoms with Gasteiger partial charge in [-0.15, -0.1) is 0 Å². The van der Waals surface area contributed by atoms with Gasteiger partial charge in [-0.3, -0.25) is 4.79 Å². The minimum absolute atomic E-state index is 0.227. The van der Waals surface area contributed by atoms with Crippen molar-refractivity contribution in [3.8, 4) is 11.8 Å². The van der Waals surface area contributed by atoms with Gasteiger partial charge in [0, 0.05) is 6.54 Å². The van der Waals surface area contributed by atoms with Crippen LogP contribution in [-0.4, -0.2) is 26.1 Å². The quantitative estimate of drug-likeness (QED) is 0.780. The van der Waals surface area contributed by atoms with Gasteiger partial charge in [0.25, 0.3) is 5.91 Å². The van der Waals surface area contributed by atoms with Crippen LogP contribution in [0.3, 0.4) is 0 Å². The molecular weight excluding hydrogens is 287 g/mol. The minimum Gasteiger partial charge on any atom is -0.483 e. The van der Waals surface area contributed by atoms with E-state index in [1.165, 1.54) is 12.1 Å². The van der Waals surface area contributed by atoms with E-state index in [9.17, 15) is 18.0 Å². The smallest absolute Gasteiger partial charge is 0.419 e. The summed E-state index contributed by atoms with van der Waals surface area (Å²) in [5.74, 6) is -1.08. The molecule has 0 atom stereocenters. The van der Waals surface area contributed by atoms with E-state index in [1.807, 2.05) is 0 Å². The molecule has 0 spiro atoms. The molecule has 21 heavy (non-hydrogen) atoms. The number of ether oxygens (including phenoxy) is 1. The van der Waals surface area contributed by atoms with Crippen molar-refractivity contribution in [2.45, 2.75) is 12.7 Å². The van der Waals surface area contributed by atoms with E-state index in [0.717, 1.165) is 6.07 Å². The summed E-state index contributed by atoms with van der Waals surface area (Å²) in [6.07, 6.45) is -4.58. The van der Waals surface area contributed by atoms with Crippen LogP contribution in [0.15, 0.2) is 18.2 Å². The number of halogens is 3. The number of alkyl halides is 3. The second-order valence-corrected chi connectivity index (χ2v) is 4.08. The molecule has 0 bridgehead atoms. The van der Waals surface area contributed by atoms with Gasteiger partial charge >= 0.3 is 6.18 Å². The minimum atomic E-state index is -4.58. The first-order chi connectivity index (χ1) is 9.88. The molecule has 1 aromatic carbocycles. The van der Waals surface area contributed by atoms with Gasteiger partial charge in [-0.25, -0.2) is 0 Å². The topological polar surface area (TPSA) is 74.2 Å². The van der Waals surface area contributed by atoms with Crippen LogP contribution in [-0.2, 0) is 17.5 Å². The largest absolute Gasteiger partial charge is 0.483 e. The zero-order chi connectivity index (χ0) is 15.9. The van der Waals surface area contributed by atoms with Gasteiger partial charge < -0.3 is 15.4 Å². The van der Waals surface area contributed by atoms with Crippen molar-refractivity contribution in [3.05, 3.63) is 29.3 Å². The highest BCUT2D eigenvalue weighted by atomic mass is 19.4. The maximum absolute atomic E-state index is 13.0. The average Bonchev–Trinajstić information content (AvgIpc) is 2.43. The molecule has 0 unspecified atom stereocenters. The summed E-state index contributed by atoms with van der Waals surface area (Å²) in [5.41, 5.74) is -0.491. The van der Waals surface area contributed by atoms with Crippen molar-refractivity contribution in [3.63, 3.8) is 0 Å². The lowest BCUT2D eigenvalue weighted by Crippen LogP contribution is -2.29. The number of hydrogen-bond donors (Lipinski definition) is 2. The van der Waals surface area contributed by atoms with Crippen LogP contribution in [0.5, 0.6) is 5.75 Å². The molecule has 0 saturated carbocycles. The highest BCUT2D eigenvalue weighted by molar-refractivity contribution is 5.77. The number of nitrogens with zero attached hydrogens (tertiary/aromatic N) is 1. The summed E-state index contributed by atoms with van der Waals surface area (Å²) in [6, 6.07) is 5.30. The maximum Gasteiger partial charge on any atom is 0.419 e. The highest BCUT2D eigenvalue weighted by Crippen LogP contribution is 2.36. The van der Waals surface area contributed by atoms with E-state index in [-0.39, 0.29) is 13.1 Å². The van der Waals surface area contributed by atoms with Crippen molar-refractivity contribution in [2.75, 3.05) is 20.2 Å². The molecule has 1 amide bonds. The zero-order valence-corrected chi connectivity index (χ0v) is 11.3. The normalized spacial score (nSPS) is 10.8. The fourth-order valence-electron chi connectivity index (χ4n) is 1.57. The van der Waals surface area contributed by atoms with Crippen molar-refractivity contribution < 1.29 is 22.7 Å². The second kappa shape index (κ2) is 7.50. The van der Waals surface area contributed by atoms with E-state index in [4.69, 9.17) is 10.00 Å². The first-order valence-corrected chi connectivity index (χ1v) is 5.99. The van der Waals surface area contributed by atoms with E-state index < -0.39 is 30.0 Å². The maximum atomic E-state index is 13.0. The van der Waals surface area contributed by atoms with Crippen LogP contribution in [0, 0.1) is 11.3 Å². The third kappa shape index (κ3) is 5.31. The summed E-state index contributed by atoms with van der Waals surface area (Å²) < 4.78 is 43.7. The SMILES string of the molecule is CNCc1ccc(OCC(=O)NCC#N)c(C(F)(F)F)c1. The van der Waals surface area contributed by atoms with Crippen LogP contribution in [0.1, 0.15) is 11.1 Å². The fourth-order valence-corrected chi connectivity index (χ4v) is 1.57. The van der Waals surface area contributed by atoms with Gasteiger partial charge in [0.05, 0.1) is 11.6 Å². The van der Waals surface area contributed by atoms with Gasteiger partial charge in [0.2, 0.25) is 0 Å². The highest BCUT2D eigenvalue weighted by Gasteiger charge is 2.34. The molecule has 0 fully saturated rings. The van der Waals surface area contributed by atoms with Crippen LogP contribution in [0.2, 0.25) is 0 Å². The van der Waals surface area contributed by atoms with Crippen molar-refractivity contribution >= 4 is 5.91 Å². The number of carbonyl (C=O) groups is 1. The third-order valence-corrected chi connectivity index (χ3v) is 2.45. The van der Waals surface area contributed by atoms with Crippen LogP contribution in [0.25, 0.3) is 0 Å². The Hall–Kier alpha value is -2.27. The molecule has 0 aliphatic heterocycles. The molecule has 0 aliphatic carbocycles. The van der Waals surface area contributed by atoms with Gasteiger partial charge in [-0.2, -0.15) is 18.4 Å². The summed E-state index contributed by atoms with van der Waals surface area (Å²) in [4.78, 5) is 11.2. The van der Waals surface area contributed by atoms with Crippen LogP contribution >= 0.6 is 0 Å². The third-order valence-electron chi connectivity index (χ3n) is 2.45. The molecule has 1 rings (SSSR count). The zero-order valence-electron chi connectivity index (χ0n) is 11.3. The standard InChI is InChI=1S/C13H14F3N3O2/c1-18-7-9-2-3-11(10(6-9)13(14,15)16)21-8-12(20)19-5-4-17/h2-3,6,18H,5,7-8H2,1H3,(H,19,20). The van der Waals surface area contributed by atoms with Crippen LogP contribution in [0.4, 0.5) is 13.2 Å². The lowest BCUT2D eigenvalue weighted by Gasteiger charge is -2.15. The second-order valence-electron chi connectivity index (χ2n) is 4.08. The lowest BCUT2D eigenvalue weighted by molar-refractivity contribution is -0.139. The Morgan fingerprint density at radius 3 is 2.71 bits per heavy atom. The Labute approximate surface area is 119 Å². The molecule has 0 saturated heterocycles. The Balaban J connectivity index is 2.86. The predicted octanol–water partition coefficient (Wildman–Crippen LogP) is 1.44. The van der Waals surface area contributed by atoms with Gasteiger partial charge in [-0.05, 0) is 24.7 Å². The Bertz CT molecular complexity index is 538. The molecule has 0 radical (unpaired) electrons. The summed E-state index contributed by atoms with van der Waals surface area (Å²) >= 11 is 0. The number of carbonyl (C=O) groups excluding carboxylic acids is 1. The first-order valence-electron chi connectivity index (χ1n) is 5.99. The number of hydrogen-bond acceptors (Lipinski definition) is 4. The average molecular weight is 301 g/mol. The number of rotatable bonds is 6. The van der Waals surface area contributed by atoms with Gasteiger partial charge in [0.1, 0.15) is 12.3 Å². The van der Waals surface area contributed by atoms with Gasteiger partial charge in [-0.1, -0.05) is 6.07 Å². The number of benzene rings is 1. The fraction of sp³-hybridized carbons (Fsp3) is 0.385. The van der Waals surface area contributed by atoms with Gasteiger partial charge in [0.15, 0.2) is 6.61 Å². The summed E-state index contributed by atoms with van der Waals surface area (Å²) in [6.45, 7) is -0.530. The monoisotopic (exact) mass is 301 g/mol. The lowest BCUT2D eigenvalue weighted by atomic mass is 10.1. The molecule has 0 aliphatic rings. The Morgan fingerprint density at radius 2 is 2.14 bits per heavy atom. The number of nitriles is 1. The van der Waals surface area contributed by atoms with E-state index in [0.29, 0.717) is 5.56 Å². The van der Waals surface area contributed by atoms with Crippen LogP contribution < -0.4 is 15.4 Å². The Morgan fingerprint density at radius 1 is 1.43 bits per heavy atom. The number of amides is 1. The molecule has 0 aromatic heterocycles. The molecule has 1 aromatic rings. The summed E-state index contributed by atoms with van der Waals surface area (Å²) in [5, 5.41) is 13.2. The predicted molar refractivity (Wildman–Crippen MR) is 68.3 cm³/mol.